The predicted molar refractivity (Wildman–Crippen MR) is 72.8 cm³/mol. The van der Waals surface area contributed by atoms with Gasteiger partial charge in [-0.1, -0.05) is 19.1 Å². The van der Waals surface area contributed by atoms with Crippen LogP contribution in [0, 0.1) is 0 Å². The standard InChI is InChI=1S/C15H23NO2/c1-5-14(2,3)18-13-8-6-7-12(9-13)15(17)10-16(4)11-15/h6-9,17H,5,10-11H2,1-4H3. The number of likely N-dealkylation sites (N-methyl/N-ethyl adjacent to an activating group) is 1. The van der Waals surface area contributed by atoms with Gasteiger partial charge in [0.15, 0.2) is 0 Å². The molecule has 1 heterocycles. The minimum Gasteiger partial charge on any atom is -0.488 e. The van der Waals surface area contributed by atoms with E-state index in [9.17, 15) is 5.11 Å². The Morgan fingerprint density at radius 3 is 2.61 bits per heavy atom. The average molecular weight is 249 g/mol. The van der Waals surface area contributed by atoms with Crippen molar-refractivity contribution >= 4 is 0 Å². The van der Waals surface area contributed by atoms with E-state index in [1.165, 1.54) is 0 Å². The third kappa shape index (κ3) is 2.68. The highest BCUT2D eigenvalue weighted by Gasteiger charge is 2.40. The van der Waals surface area contributed by atoms with E-state index in [-0.39, 0.29) is 5.60 Å². The highest BCUT2D eigenvalue weighted by atomic mass is 16.5. The molecular formula is C15H23NO2. The van der Waals surface area contributed by atoms with Gasteiger partial charge in [0, 0.05) is 13.1 Å². The van der Waals surface area contributed by atoms with Gasteiger partial charge in [-0.3, -0.25) is 4.90 Å². The molecule has 0 unspecified atom stereocenters. The molecule has 0 amide bonds. The molecule has 0 bridgehead atoms. The lowest BCUT2D eigenvalue weighted by molar-refractivity contribution is -0.0920. The van der Waals surface area contributed by atoms with Crippen molar-refractivity contribution in [2.45, 2.75) is 38.4 Å². The smallest absolute Gasteiger partial charge is 0.120 e. The molecule has 0 saturated carbocycles. The van der Waals surface area contributed by atoms with Gasteiger partial charge in [0.25, 0.3) is 0 Å². The lowest BCUT2D eigenvalue weighted by Crippen LogP contribution is -2.57. The second-order valence-corrected chi connectivity index (χ2v) is 5.95. The maximum absolute atomic E-state index is 10.4. The maximum atomic E-state index is 10.4. The number of nitrogens with zero attached hydrogens (tertiary/aromatic N) is 1. The van der Waals surface area contributed by atoms with Crippen molar-refractivity contribution in [3.05, 3.63) is 29.8 Å². The average Bonchev–Trinajstić information content (AvgIpc) is 2.27. The van der Waals surface area contributed by atoms with Crippen LogP contribution in [0.1, 0.15) is 32.8 Å². The molecule has 0 aromatic heterocycles. The second-order valence-electron chi connectivity index (χ2n) is 5.95. The maximum Gasteiger partial charge on any atom is 0.120 e. The van der Waals surface area contributed by atoms with E-state index in [2.05, 4.69) is 25.7 Å². The summed E-state index contributed by atoms with van der Waals surface area (Å²) in [6.07, 6.45) is 0.949. The molecule has 100 valence electrons. The summed E-state index contributed by atoms with van der Waals surface area (Å²) < 4.78 is 5.96. The quantitative estimate of drug-likeness (QED) is 0.889. The molecule has 1 saturated heterocycles. The summed E-state index contributed by atoms with van der Waals surface area (Å²) in [6, 6.07) is 7.84. The molecule has 0 radical (unpaired) electrons. The molecular weight excluding hydrogens is 226 g/mol. The fraction of sp³-hybridized carbons (Fsp3) is 0.600. The first kappa shape index (κ1) is 13.4. The van der Waals surface area contributed by atoms with Crippen LogP contribution in [0.3, 0.4) is 0 Å². The summed E-state index contributed by atoms with van der Waals surface area (Å²) in [5.74, 6) is 0.835. The summed E-state index contributed by atoms with van der Waals surface area (Å²) in [6.45, 7) is 7.64. The predicted octanol–water partition coefficient (Wildman–Crippen LogP) is 2.39. The van der Waals surface area contributed by atoms with Crippen LogP contribution in [-0.2, 0) is 5.60 Å². The Bertz CT molecular complexity index is 422. The van der Waals surface area contributed by atoms with Crippen molar-refractivity contribution in [2.24, 2.45) is 0 Å². The fourth-order valence-corrected chi connectivity index (χ4v) is 2.27. The van der Waals surface area contributed by atoms with Gasteiger partial charge in [0.1, 0.15) is 17.0 Å². The molecule has 0 spiro atoms. The monoisotopic (exact) mass is 249 g/mol. The second kappa shape index (κ2) is 4.56. The lowest BCUT2D eigenvalue weighted by Gasteiger charge is -2.45. The zero-order valence-electron chi connectivity index (χ0n) is 11.7. The number of hydrogen-bond acceptors (Lipinski definition) is 3. The van der Waals surface area contributed by atoms with E-state index in [0.717, 1.165) is 17.7 Å². The number of rotatable bonds is 4. The highest BCUT2D eigenvalue weighted by Crippen LogP contribution is 2.33. The number of hydrogen-bond donors (Lipinski definition) is 1. The molecule has 1 aromatic rings. The molecule has 18 heavy (non-hydrogen) atoms. The van der Waals surface area contributed by atoms with Gasteiger partial charge in [-0.15, -0.1) is 0 Å². The normalized spacial score (nSPS) is 19.4. The Balaban J connectivity index is 2.16. The van der Waals surface area contributed by atoms with Gasteiger partial charge in [-0.25, -0.2) is 0 Å². The Labute approximate surface area is 109 Å². The van der Waals surface area contributed by atoms with Gasteiger partial charge in [-0.05, 0) is 45.0 Å². The SMILES string of the molecule is CCC(C)(C)Oc1cccc(C2(O)CN(C)C2)c1. The summed E-state index contributed by atoms with van der Waals surface area (Å²) in [7, 11) is 2.01. The van der Waals surface area contributed by atoms with Crippen molar-refractivity contribution < 1.29 is 9.84 Å². The molecule has 3 nitrogen and oxygen atoms in total. The third-order valence-electron chi connectivity index (χ3n) is 3.68. The van der Waals surface area contributed by atoms with Crippen molar-refractivity contribution in [1.82, 2.24) is 4.90 Å². The van der Waals surface area contributed by atoms with Crippen LogP contribution in [0.2, 0.25) is 0 Å². The van der Waals surface area contributed by atoms with E-state index in [0.29, 0.717) is 13.1 Å². The number of aliphatic hydroxyl groups is 1. The van der Waals surface area contributed by atoms with Gasteiger partial charge in [0.05, 0.1) is 0 Å². The molecule has 1 aliphatic heterocycles. The summed E-state index contributed by atoms with van der Waals surface area (Å²) in [5.41, 5.74) is 0.0762. The van der Waals surface area contributed by atoms with E-state index in [1.54, 1.807) is 0 Å². The Morgan fingerprint density at radius 1 is 1.39 bits per heavy atom. The van der Waals surface area contributed by atoms with Crippen LogP contribution in [0.15, 0.2) is 24.3 Å². The van der Waals surface area contributed by atoms with Crippen LogP contribution in [-0.4, -0.2) is 35.7 Å². The number of likely N-dealkylation sites (tertiary alicyclic amines) is 1. The van der Waals surface area contributed by atoms with E-state index in [4.69, 9.17) is 4.74 Å². The summed E-state index contributed by atoms with van der Waals surface area (Å²) in [5, 5.41) is 10.4. The van der Waals surface area contributed by atoms with Crippen molar-refractivity contribution in [2.75, 3.05) is 20.1 Å². The number of ether oxygens (including phenoxy) is 1. The highest BCUT2D eigenvalue weighted by molar-refractivity contribution is 5.34. The van der Waals surface area contributed by atoms with E-state index >= 15 is 0 Å². The lowest BCUT2D eigenvalue weighted by atomic mass is 9.86. The summed E-state index contributed by atoms with van der Waals surface area (Å²) >= 11 is 0. The van der Waals surface area contributed by atoms with Gasteiger partial charge >= 0.3 is 0 Å². The molecule has 1 fully saturated rings. The zero-order chi connectivity index (χ0) is 13.4. The first-order valence-electron chi connectivity index (χ1n) is 6.55. The molecule has 1 aliphatic rings. The van der Waals surface area contributed by atoms with Crippen LogP contribution in [0.25, 0.3) is 0 Å². The molecule has 1 aromatic carbocycles. The molecule has 0 atom stereocenters. The van der Waals surface area contributed by atoms with Gasteiger partial charge in [-0.2, -0.15) is 0 Å². The molecule has 0 aliphatic carbocycles. The van der Waals surface area contributed by atoms with E-state index in [1.807, 2.05) is 31.3 Å². The van der Waals surface area contributed by atoms with Crippen LogP contribution in [0.5, 0.6) is 5.75 Å². The number of β-amino-alcohol motifs (C(OH)–C–C–N with tert-alkyl or cyclic N) is 1. The van der Waals surface area contributed by atoms with E-state index < -0.39 is 5.60 Å². The fourth-order valence-electron chi connectivity index (χ4n) is 2.27. The van der Waals surface area contributed by atoms with Gasteiger partial charge < -0.3 is 9.84 Å². The minimum absolute atomic E-state index is 0.169. The molecule has 1 N–H and O–H groups in total. The van der Waals surface area contributed by atoms with Crippen molar-refractivity contribution in [3.8, 4) is 5.75 Å². The number of benzene rings is 1. The Hall–Kier alpha value is -1.06. The zero-order valence-corrected chi connectivity index (χ0v) is 11.7. The topological polar surface area (TPSA) is 32.7 Å². The Kier molecular flexibility index (Phi) is 3.39. The van der Waals surface area contributed by atoms with Crippen molar-refractivity contribution in [3.63, 3.8) is 0 Å². The first-order chi connectivity index (χ1) is 8.35. The van der Waals surface area contributed by atoms with Gasteiger partial charge in [0.2, 0.25) is 0 Å². The minimum atomic E-state index is -0.704. The third-order valence-corrected chi connectivity index (χ3v) is 3.68. The Morgan fingerprint density at radius 2 is 2.06 bits per heavy atom. The first-order valence-corrected chi connectivity index (χ1v) is 6.55. The largest absolute Gasteiger partial charge is 0.488 e. The van der Waals surface area contributed by atoms with Crippen molar-refractivity contribution in [1.29, 1.82) is 0 Å². The summed E-state index contributed by atoms with van der Waals surface area (Å²) in [4.78, 5) is 2.10. The van der Waals surface area contributed by atoms with Crippen LogP contribution in [0.4, 0.5) is 0 Å². The van der Waals surface area contributed by atoms with Crippen LogP contribution < -0.4 is 4.74 Å². The van der Waals surface area contributed by atoms with Crippen LogP contribution >= 0.6 is 0 Å². The molecule has 2 rings (SSSR count). The molecule has 3 heteroatoms.